The molecule has 0 bridgehead atoms. The molecule has 1 aliphatic rings. The molecule has 1 aliphatic heterocycles. The molecule has 4 nitrogen and oxygen atoms in total. The molecule has 90 valence electrons. The fraction of sp³-hybridized carbons (Fsp3) is 0.0769. The standard InChI is InChI=1S/C13H10ClN3O/c14-9-3-5-10(6-4-9)17-8-12(18)16-11-2-1-7-15-13(11)17/h1-7H,8H2,(H,16,18). The zero-order valence-electron chi connectivity index (χ0n) is 9.43. The Morgan fingerprint density at radius 1 is 1.22 bits per heavy atom. The van der Waals surface area contributed by atoms with E-state index in [2.05, 4.69) is 10.3 Å². The van der Waals surface area contributed by atoms with Crippen molar-refractivity contribution in [1.82, 2.24) is 4.98 Å². The lowest BCUT2D eigenvalue weighted by atomic mass is 10.2. The number of fused-ring (bicyclic) bond motifs is 1. The summed E-state index contributed by atoms with van der Waals surface area (Å²) in [5.74, 6) is 0.699. The van der Waals surface area contributed by atoms with Gasteiger partial charge in [0.2, 0.25) is 5.91 Å². The van der Waals surface area contributed by atoms with Crippen LogP contribution in [0, 0.1) is 0 Å². The molecule has 0 saturated carbocycles. The van der Waals surface area contributed by atoms with E-state index >= 15 is 0 Å². The minimum atomic E-state index is -0.0505. The van der Waals surface area contributed by atoms with E-state index in [0.29, 0.717) is 5.02 Å². The zero-order chi connectivity index (χ0) is 12.5. The van der Waals surface area contributed by atoms with Gasteiger partial charge >= 0.3 is 0 Å². The molecule has 1 aromatic carbocycles. The van der Waals surface area contributed by atoms with Gasteiger partial charge in [0, 0.05) is 16.9 Å². The van der Waals surface area contributed by atoms with Gasteiger partial charge in [-0.3, -0.25) is 4.79 Å². The van der Waals surface area contributed by atoms with Gasteiger partial charge in [0.05, 0.1) is 5.69 Å². The molecular formula is C13H10ClN3O. The fourth-order valence-corrected chi connectivity index (χ4v) is 2.08. The molecule has 3 rings (SSSR count). The Labute approximate surface area is 109 Å². The summed E-state index contributed by atoms with van der Waals surface area (Å²) in [4.78, 5) is 17.8. The second-order valence-electron chi connectivity index (χ2n) is 3.99. The molecule has 1 amide bonds. The van der Waals surface area contributed by atoms with Crippen LogP contribution in [0.2, 0.25) is 5.02 Å². The van der Waals surface area contributed by atoms with Gasteiger partial charge in [-0.25, -0.2) is 4.98 Å². The normalized spacial score (nSPS) is 14.1. The number of anilines is 3. The van der Waals surface area contributed by atoms with Gasteiger partial charge in [0.25, 0.3) is 0 Å². The SMILES string of the molecule is O=C1CN(c2ccc(Cl)cc2)c2ncccc2N1. The molecule has 0 fully saturated rings. The number of pyridine rings is 1. The molecule has 1 aromatic heterocycles. The number of hydrogen-bond acceptors (Lipinski definition) is 3. The lowest BCUT2D eigenvalue weighted by molar-refractivity contribution is -0.115. The Morgan fingerprint density at radius 2 is 2.00 bits per heavy atom. The number of rotatable bonds is 1. The summed E-state index contributed by atoms with van der Waals surface area (Å²) in [6, 6.07) is 11.0. The average molecular weight is 260 g/mol. The third kappa shape index (κ3) is 1.91. The maximum atomic E-state index is 11.7. The first-order chi connectivity index (χ1) is 8.74. The summed E-state index contributed by atoms with van der Waals surface area (Å²) in [5, 5.41) is 3.47. The number of nitrogens with zero attached hydrogens (tertiary/aromatic N) is 2. The van der Waals surface area contributed by atoms with E-state index < -0.39 is 0 Å². The van der Waals surface area contributed by atoms with Crippen molar-refractivity contribution in [3.8, 4) is 0 Å². The number of hydrogen-bond donors (Lipinski definition) is 1. The number of aromatic nitrogens is 1. The zero-order valence-corrected chi connectivity index (χ0v) is 10.2. The molecule has 0 aliphatic carbocycles. The second kappa shape index (κ2) is 4.31. The largest absolute Gasteiger partial charge is 0.321 e. The first kappa shape index (κ1) is 11.0. The van der Waals surface area contributed by atoms with Gasteiger partial charge in [0.15, 0.2) is 5.82 Å². The highest BCUT2D eigenvalue weighted by Gasteiger charge is 2.23. The van der Waals surface area contributed by atoms with E-state index in [9.17, 15) is 4.79 Å². The summed E-state index contributed by atoms with van der Waals surface area (Å²) >= 11 is 5.87. The van der Waals surface area contributed by atoms with Crippen molar-refractivity contribution in [2.75, 3.05) is 16.8 Å². The first-order valence-corrected chi connectivity index (χ1v) is 5.90. The molecule has 1 N–H and O–H groups in total. The third-order valence-electron chi connectivity index (χ3n) is 2.76. The molecule has 2 aromatic rings. The molecule has 0 unspecified atom stereocenters. The van der Waals surface area contributed by atoms with Crippen LogP contribution in [0.1, 0.15) is 0 Å². The molecule has 0 radical (unpaired) electrons. The number of benzene rings is 1. The van der Waals surface area contributed by atoms with Crippen LogP contribution in [0.5, 0.6) is 0 Å². The van der Waals surface area contributed by atoms with Crippen LogP contribution < -0.4 is 10.2 Å². The summed E-state index contributed by atoms with van der Waals surface area (Å²) in [5.41, 5.74) is 1.62. The molecule has 0 spiro atoms. The van der Waals surface area contributed by atoms with E-state index in [1.54, 1.807) is 24.4 Å². The van der Waals surface area contributed by atoms with Crippen molar-refractivity contribution in [1.29, 1.82) is 0 Å². The number of nitrogens with one attached hydrogen (secondary N) is 1. The third-order valence-corrected chi connectivity index (χ3v) is 3.01. The highest BCUT2D eigenvalue weighted by atomic mass is 35.5. The van der Waals surface area contributed by atoms with Gasteiger partial charge in [-0.15, -0.1) is 0 Å². The summed E-state index contributed by atoms with van der Waals surface area (Å²) in [6.07, 6.45) is 1.71. The predicted molar refractivity (Wildman–Crippen MR) is 71.3 cm³/mol. The highest BCUT2D eigenvalue weighted by Crippen LogP contribution is 2.32. The molecule has 0 atom stereocenters. The van der Waals surface area contributed by atoms with Crippen molar-refractivity contribution < 1.29 is 4.79 Å². The van der Waals surface area contributed by atoms with E-state index in [0.717, 1.165) is 17.2 Å². The summed E-state index contributed by atoms with van der Waals surface area (Å²) in [7, 11) is 0. The van der Waals surface area contributed by atoms with Crippen molar-refractivity contribution in [3.63, 3.8) is 0 Å². The molecule has 0 saturated heterocycles. The average Bonchev–Trinajstić information content (AvgIpc) is 2.38. The van der Waals surface area contributed by atoms with Crippen LogP contribution in [-0.2, 0) is 4.79 Å². The van der Waals surface area contributed by atoms with Crippen LogP contribution in [0.3, 0.4) is 0 Å². The fourth-order valence-electron chi connectivity index (χ4n) is 1.95. The second-order valence-corrected chi connectivity index (χ2v) is 4.42. The predicted octanol–water partition coefficient (Wildman–Crippen LogP) is 2.83. The van der Waals surface area contributed by atoms with E-state index in [4.69, 9.17) is 11.6 Å². The van der Waals surface area contributed by atoms with Crippen LogP contribution >= 0.6 is 11.6 Å². The number of carbonyl (C=O) groups is 1. The Bertz CT molecular complexity index is 597. The van der Waals surface area contributed by atoms with Gasteiger partial charge in [-0.1, -0.05) is 11.6 Å². The number of carbonyl (C=O) groups excluding carboxylic acids is 1. The van der Waals surface area contributed by atoms with Gasteiger partial charge in [0.1, 0.15) is 6.54 Å². The Hall–Kier alpha value is -2.07. The van der Waals surface area contributed by atoms with E-state index in [1.807, 2.05) is 23.1 Å². The van der Waals surface area contributed by atoms with Crippen molar-refractivity contribution in [2.24, 2.45) is 0 Å². The van der Waals surface area contributed by atoms with Crippen molar-refractivity contribution in [2.45, 2.75) is 0 Å². The maximum absolute atomic E-state index is 11.7. The highest BCUT2D eigenvalue weighted by molar-refractivity contribution is 6.30. The van der Waals surface area contributed by atoms with Crippen molar-refractivity contribution >= 4 is 34.7 Å². The first-order valence-electron chi connectivity index (χ1n) is 5.52. The maximum Gasteiger partial charge on any atom is 0.244 e. The van der Waals surface area contributed by atoms with E-state index in [-0.39, 0.29) is 12.5 Å². The van der Waals surface area contributed by atoms with Gasteiger partial charge < -0.3 is 10.2 Å². The Morgan fingerprint density at radius 3 is 2.78 bits per heavy atom. The van der Waals surface area contributed by atoms with Crippen LogP contribution in [-0.4, -0.2) is 17.4 Å². The van der Waals surface area contributed by atoms with Crippen LogP contribution in [0.4, 0.5) is 17.2 Å². The Balaban J connectivity index is 2.07. The van der Waals surface area contributed by atoms with Crippen LogP contribution in [0.15, 0.2) is 42.6 Å². The quantitative estimate of drug-likeness (QED) is 0.857. The molecule has 5 heteroatoms. The number of halogens is 1. The van der Waals surface area contributed by atoms with E-state index in [1.165, 1.54) is 0 Å². The minimum absolute atomic E-state index is 0.0505. The lowest BCUT2D eigenvalue weighted by Crippen LogP contribution is -2.35. The van der Waals surface area contributed by atoms with Gasteiger partial charge in [-0.05, 0) is 36.4 Å². The molecule has 18 heavy (non-hydrogen) atoms. The van der Waals surface area contributed by atoms with Crippen LogP contribution in [0.25, 0.3) is 0 Å². The monoisotopic (exact) mass is 259 g/mol. The smallest absolute Gasteiger partial charge is 0.244 e. The lowest BCUT2D eigenvalue weighted by Gasteiger charge is -2.29. The Kier molecular flexibility index (Phi) is 2.64. The topological polar surface area (TPSA) is 45.2 Å². The molecular weight excluding hydrogens is 250 g/mol. The number of amides is 1. The minimum Gasteiger partial charge on any atom is -0.321 e. The summed E-state index contributed by atoms with van der Waals surface area (Å²) < 4.78 is 0. The molecule has 2 heterocycles. The van der Waals surface area contributed by atoms with Gasteiger partial charge in [-0.2, -0.15) is 0 Å². The van der Waals surface area contributed by atoms with Crippen molar-refractivity contribution in [3.05, 3.63) is 47.6 Å². The summed E-state index contributed by atoms with van der Waals surface area (Å²) in [6.45, 7) is 0.256.